The van der Waals surface area contributed by atoms with Crippen molar-refractivity contribution in [2.24, 2.45) is 5.41 Å². The number of Topliss-reactive ketones (excluding diaryl/α,β-unsaturated/α-hetero) is 1. The van der Waals surface area contributed by atoms with Gasteiger partial charge in [0.1, 0.15) is 6.04 Å². The van der Waals surface area contributed by atoms with Gasteiger partial charge in [-0.05, 0) is 5.56 Å². The van der Waals surface area contributed by atoms with Gasteiger partial charge in [-0.1, -0.05) is 58.5 Å². The molecular formula is C15H23NO3. The van der Waals surface area contributed by atoms with Crippen LogP contribution < -0.4 is 5.32 Å². The van der Waals surface area contributed by atoms with Crippen LogP contribution in [0.4, 0.5) is 4.79 Å². The van der Waals surface area contributed by atoms with Gasteiger partial charge >= 0.3 is 6.09 Å². The second-order valence-corrected chi connectivity index (χ2v) is 5.09. The lowest BCUT2D eigenvalue weighted by Gasteiger charge is -2.25. The minimum atomic E-state index is -0.682. The van der Waals surface area contributed by atoms with Crippen LogP contribution >= 0.6 is 0 Å². The predicted octanol–water partition coefficient (Wildman–Crippen LogP) is 3.34. The van der Waals surface area contributed by atoms with E-state index >= 15 is 0 Å². The van der Waals surface area contributed by atoms with E-state index in [9.17, 15) is 9.59 Å². The third kappa shape index (κ3) is 4.73. The molecule has 0 heterocycles. The van der Waals surface area contributed by atoms with Gasteiger partial charge in [-0.25, -0.2) is 4.79 Å². The molecule has 0 aliphatic heterocycles. The summed E-state index contributed by atoms with van der Waals surface area (Å²) in [6.45, 7) is 5.47. The molecule has 106 valence electrons. The molecule has 0 aromatic heterocycles. The van der Waals surface area contributed by atoms with E-state index in [4.69, 9.17) is 0 Å². The summed E-state index contributed by atoms with van der Waals surface area (Å²) in [5, 5.41) is 2.58. The molecule has 1 aromatic rings. The third-order valence-corrected chi connectivity index (χ3v) is 2.58. The number of alkyl carbamates (subject to hydrolysis) is 1. The molecule has 19 heavy (non-hydrogen) atoms. The molecule has 0 aliphatic rings. The van der Waals surface area contributed by atoms with Crippen molar-refractivity contribution in [1.29, 1.82) is 0 Å². The highest BCUT2D eigenvalue weighted by molar-refractivity contribution is 5.92. The maximum absolute atomic E-state index is 12.3. The average molecular weight is 265 g/mol. The minimum Gasteiger partial charge on any atom is -0.453 e. The van der Waals surface area contributed by atoms with Crippen molar-refractivity contribution in [2.45, 2.75) is 34.2 Å². The molecule has 1 atom stereocenters. The average Bonchev–Trinajstić information content (AvgIpc) is 2.34. The van der Waals surface area contributed by atoms with Crippen molar-refractivity contribution in [3.05, 3.63) is 35.9 Å². The summed E-state index contributed by atoms with van der Waals surface area (Å²) in [7, 11) is 1.28. The SMILES string of the molecule is C.COC(=O)N[C@@H](C(=O)C(C)(C)C)c1ccccc1. The zero-order chi connectivity index (χ0) is 13.8. The van der Waals surface area contributed by atoms with Crippen LogP contribution in [-0.4, -0.2) is 19.0 Å². The lowest BCUT2D eigenvalue weighted by Crippen LogP contribution is -2.39. The Labute approximate surface area is 115 Å². The number of rotatable bonds is 3. The Morgan fingerprint density at radius 1 is 1.16 bits per heavy atom. The highest BCUT2D eigenvalue weighted by atomic mass is 16.5. The molecule has 0 radical (unpaired) electrons. The van der Waals surface area contributed by atoms with Crippen LogP contribution in [0.5, 0.6) is 0 Å². The largest absolute Gasteiger partial charge is 0.453 e. The molecule has 0 fully saturated rings. The number of nitrogens with one attached hydrogen (secondary N) is 1. The first-order valence-corrected chi connectivity index (χ1v) is 5.80. The molecule has 1 amide bonds. The lowest BCUT2D eigenvalue weighted by atomic mass is 9.84. The number of amides is 1. The van der Waals surface area contributed by atoms with E-state index in [-0.39, 0.29) is 13.2 Å². The van der Waals surface area contributed by atoms with Crippen molar-refractivity contribution in [1.82, 2.24) is 5.32 Å². The zero-order valence-corrected chi connectivity index (χ0v) is 11.2. The quantitative estimate of drug-likeness (QED) is 0.912. The fourth-order valence-electron chi connectivity index (χ4n) is 1.56. The molecule has 0 saturated carbocycles. The van der Waals surface area contributed by atoms with Gasteiger partial charge in [0, 0.05) is 5.41 Å². The summed E-state index contributed by atoms with van der Waals surface area (Å²) < 4.78 is 4.56. The van der Waals surface area contributed by atoms with Crippen LogP contribution in [0.1, 0.15) is 39.8 Å². The van der Waals surface area contributed by atoms with Crippen molar-refractivity contribution in [2.75, 3.05) is 7.11 Å². The smallest absolute Gasteiger partial charge is 0.407 e. The fraction of sp³-hybridized carbons (Fsp3) is 0.467. The van der Waals surface area contributed by atoms with Crippen LogP contribution in [0.15, 0.2) is 30.3 Å². The highest BCUT2D eigenvalue weighted by Gasteiger charge is 2.31. The topological polar surface area (TPSA) is 55.4 Å². The molecule has 4 nitrogen and oxygen atoms in total. The van der Waals surface area contributed by atoms with E-state index in [0.29, 0.717) is 0 Å². The molecule has 0 saturated heterocycles. The lowest BCUT2D eigenvalue weighted by molar-refractivity contribution is -0.128. The molecule has 0 bridgehead atoms. The number of benzene rings is 1. The number of carbonyl (C=O) groups is 2. The number of ether oxygens (including phenoxy) is 1. The summed E-state index contributed by atoms with van der Waals surface area (Å²) in [4.78, 5) is 23.7. The monoisotopic (exact) mass is 265 g/mol. The Balaban J connectivity index is 0.00000324. The molecule has 0 aliphatic carbocycles. The van der Waals surface area contributed by atoms with E-state index in [1.54, 1.807) is 0 Å². The zero-order valence-electron chi connectivity index (χ0n) is 11.2. The normalized spacial score (nSPS) is 12.0. The Bertz CT molecular complexity index is 421. The first kappa shape index (κ1) is 17.2. The Kier molecular flexibility index (Phi) is 6.25. The number of hydrogen-bond donors (Lipinski definition) is 1. The van der Waals surface area contributed by atoms with Crippen LogP contribution in [0.2, 0.25) is 0 Å². The molecule has 1 aromatic carbocycles. The van der Waals surface area contributed by atoms with E-state index in [0.717, 1.165) is 5.56 Å². The fourth-order valence-corrected chi connectivity index (χ4v) is 1.56. The van der Waals surface area contributed by atoms with Gasteiger partial charge in [-0.2, -0.15) is 0 Å². The van der Waals surface area contributed by atoms with Crippen molar-refractivity contribution in [3.63, 3.8) is 0 Å². The van der Waals surface area contributed by atoms with Gasteiger partial charge in [0.15, 0.2) is 5.78 Å². The summed E-state index contributed by atoms with van der Waals surface area (Å²) in [6.07, 6.45) is -0.610. The number of carbonyl (C=O) groups excluding carboxylic acids is 2. The third-order valence-electron chi connectivity index (χ3n) is 2.58. The number of methoxy groups -OCH3 is 1. The highest BCUT2D eigenvalue weighted by Crippen LogP contribution is 2.25. The van der Waals surface area contributed by atoms with Crippen molar-refractivity contribution in [3.8, 4) is 0 Å². The predicted molar refractivity (Wildman–Crippen MR) is 75.9 cm³/mol. The molecule has 0 spiro atoms. The Morgan fingerprint density at radius 2 is 1.68 bits per heavy atom. The van der Waals surface area contributed by atoms with Crippen molar-refractivity contribution >= 4 is 11.9 Å². The summed E-state index contributed by atoms with van der Waals surface area (Å²) >= 11 is 0. The maximum Gasteiger partial charge on any atom is 0.407 e. The molecular weight excluding hydrogens is 242 g/mol. The molecule has 0 unspecified atom stereocenters. The minimum absolute atomic E-state index is 0. The van der Waals surface area contributed by atoms with Gasteiger partial charge in [-0.15, -0.1) is 0 Å². The van der Waals surface area contributed by atoms with E-state index in [1.165, 1.54) is 7.11 Å². The first-order chi connectivity index (χ1) is 8.36. The van der Waals surface area contributed by atoms with Gasteiger partial charge in [0.2, 0.25) is 0 Å². The Morgan fingerprint density at radius 3 is 2.11 bits per heavy atom. The standard InChI is InChI=1S/C14H19NO3.CH4/c1-14(2,3)12(16)11(15-13(17)18-4)10-8-6-5-7-9-10;/h5-9,11H,1-4H3,(H,15,17);1H4/t11-;/m1./s1. The summed E-state index contributed by atoms with van der Waals surface area (Å²) in [5.74, 6) is -0.0564. The summed E-state index contributed by atoms with van der Waals surface area (Å²) in [5.41, 5.74) is 0.212. The Hall–Kier alpha value is -1.84. The summed E-state index contributed by atoms with van der Waals surface area (Å²) in [6, 6.07) is 8.46. The van der Waals surface area contributed by atoms with Gasteiger partial charge in [0.05, 0.1) is 7.11 Å². The molecule has 1 N–H and O–H groups in total. The van der Waals surface area contributed by atoms with Crippen LogP contribution in [0.3, 0.4) is 0 Å². The van der Waals surface area contributed by atoms with Gasteiger partial charge in [0.25, 0.3) is 0 Å². The molecule has 1 rings (SSSR count). The number of ketones is 1. The van der Waals surface area contributed by atoms with Crippen LogP contribution in [-0.2, 0) is 9.53 Å². The first-order valence-electron chi connectivity index (χ1n) is 5.80. The van der Waals surface area contributed by atoms with Gasteiger partial charge < -0.3 is 10.1 Å². The van der Waals surface area contributed by atoms with E-state index in [2.05, 4.69) is 10.1 Å². The van der Waals surface area contributed by atoms with Gasteiger partial charge in [-0.3, -0.25) is 4.79 Å². The van der Waals surface area contributed by atoms with Crippen LogP contribution in [0, 0.1) is 5.41 Å². The van der Waals surface area contributed by atoms with Crippen molar-refractivity contribution < 1.29 is 14.3 Å². The van der Waals surface area contributed by atoms with E-state index < -0.39 is 17.6 Å². The van der Waals surface area contributed by atoms with Crippen LogP contribution in [0.25, 0.3) is 0 Å². The number of hydrogen-bond acceptors (Lipinski definition) is 3. The second-order valence-electron chi connectivity index (χ2n) is 5.09. The second kappa shape index (κ2) is 6.92. The maximum atomic E-state index is 12.3. The van der Waals surface area contributed by atoms with E-state index in [1.807, 2.05) is 51.1 Å². The molecule has 4 heteroatoms.